The summed E-state index contributed by atoms with van der Waals surface area (Å²) in [6.07, 6.45) is -9.09. The van der Waals surface area contributed by atoms with Gasteiger partial charge in [0.15, 0.2) is 21.6 Å². The molecule has 1 heterocycles. The predicted octanol–water partition coefficient (Wildman–Crippen LogP) is 6.37. The van der Waals surface area contributed by atoms with Crippen LogP contribution in [0.25, 0.3) is 0 Å². The molecule has 3 aromatic carbocycles. The van der Waals surface area contributed by atoms with Gasteiger partial charge in [0.2, 0.25) is 0 Å². The van der Waals surface area contributed by atoms with Crippen molar-refractivity contribution in [3.63, 3.8) is 0 Å². The van der Waals surface area contributed by atoms with Crippen LogP contribution in [-0.2, 0) is 22.3 Å². The van der Waals surface area contributed by atoms with E-state index >= 15 is 0 Å². The van der Waals surface area contributed by atoms with Gasteiger partial charge in [0.25, 0.3) is 0 Å². The van der Waals surface area contributed by atoms with E-state index in [9.17, 15) is 30.6 Å². The van der Waals surface area contributed by atoms with Crippen LogP contribution < -0.4 is 0 Å². The minimum absolute atomic E-state index is 0.144. The number of nitrogens with zero attached hydrogens (tertiary/aromatic N) is 3. The molecule has 0 unspecified atom stereocenters. The fraction of sp³-hybridized carbons (Fsp3) is 0.0909. The maximum absolute atomic E-state index is 13.6. The highest BCUT2D eigenvalue weighted by molar-refractivity contribution is 7.93. The Balaban J connectivity index is 1.85. The van der Waals surface area contributed by atoms with E-state index in [0.29, 0.717) is 0 Å². The zero-order valence-corrected chi connectivity index (χ0v) is 17.2. The normalized spacial score (nSPS) is 18.8. The summed E-state index contributed by atoms with van der Waals surface area (Å²) in [7, 11) is -3.50. The summed E-state index contributed by atoms with van der Waals surface area (Å²) in [5, 5.41) is 0. The molecule has 33 heavy (non-hydrogen) atoms. The number of amidine groups is 2. The van der Waals surface area contributed by atoms with E-state index in [4.69, 9.17) is 0 Å². The first kappa shape index (κ1) is 22.7. The molecular weight excluding hydrogens is 468 g/mol. The van der Waals surface area contributed by atoms with Crippen LogP contribution in [0.1, 0.15) is 22.3 Å². The lowest BCUT2D eigenvalue weighted by molar-refractivity contribution is -0.138. The van der Waals surface area contributed by atoms with E-state index in [1.54, 1.807) is 18.2 Å². The Hall–Kier alpha value is -3.47. The second kappa shape index (κ2) is 8.14. The molecule has 0 bridgehead atoms. The smallest absolute Gasteiger partial charge is 0.220 e. The van der Waals surface area contributed by atoms with Crippen LogP contribution in [-0.4, -0.2) is 15.9 Å². The summed E-state index contributed by atoms with van der Waals surface area (Å²) in [6.45, 7) is 0. The number of rotatable bonds is 3. The van der Waals surface area contributed by atoms with Gasteiger partial charge in [-0.25, -0.2) is 9.20 Å². The predicted molar refractivity (Wildman–Crippen MR) is 111 cm³/mol. The molecule has 1 aliphatic rings. The van der Waals surface area contributed by atoms with Gasteiger partial charge in [-0.2, -0.15) is 35.1 Å². The second-order valence-electron chi connectivity index (χ2n) is 6.90. The summed E-state index contributed by atoms with van der Waals surface area (Å²) >= 11 is 0. The molecule has 11 heteroatoms. The molecule has 170 valence electrons. The van der Waals surface area contributed by atoms with E-state index in [0.717, 1.165) is 48.5 Å². The molecule has 0 aromatic heterocycles. The van der Waals surface area contributed by atoms with Gasteiger partial charge in [-0.05, 0) is 36.4 Å². The summed E-state index contributed by atoms with van der Waals surface area (Å²) < 4.78 is 99.3. The van der Waals surface area contributed by atoms with Crippen LogP contribution in [0.3, 0.4) is 0 Å². The number of halogens is 6. The lowest BCUT2D eigenvalue weighted by Gasteiger charge is -2.15. The minimum atomic E-state index is -4.55. The Labute approximate surface area is 184 Å². The standard InChI is InChI=1S/C22H13F6N3OS/c23-21(24,25)16-10-6-14(7-11-16)19-29-20(15-8-12-17(13-9-15)22(26,27)28)31-33(32,30-19)18-4-2-1-3-5-18/h1-13H. The first-order chi connectivity index (χ1) is 15.5. The average molecular weight is 481 g/mol. The topological polar surface area (TPSA) is 54.1 Å². The SMILES string of the molecule is O=[S@]1(c2ccccc2)=NC(c2ccc(C(F)(F)F)cc2)=NC(c2ccc(C(F)(F)F)cc2)=N1. The molecule has 4 rings (SSSR count). The highest BCUT2D eigenvalue weighted by Gasteiger charge is 2.31. The molecule has 0 fully saturated rings. The lowest BCUT2D eigenvalue weighted by Crippen LogP contribution is -2.16. The Morgan fingerprint density at radius 3 is 1.52 bits per heavy atom. The van der Waals surface area contributed by atoms with Crippen molar-refractivity contribution in [1.82, 2.24) is 0 Å². The van der Waals surface area contributed by atoms with Crippen molar-refractivity contribution < 1.29 is 30.6 Å². The van der Waals surface area contributed by atoms with Crippen molar-refractivity contribution in [3.8, 4) is 0 Å². The van der Waals surface area contributed by atoms with Gasteiger partial charge >= 0.3 is 12.4 Å². The molecule has 0 amide bonds. The molecule has 0 saturated carbocycles. The fourth-order valence-electron chi connectivity index (χ4n) is 2.95. The highest BCUT2D eigenvalue weighted by atomic mass is 32.2. The molecule has 0 N–H and O–H groups in total. The first-order valence-electron chi connectivity index (χ1n) is 9.32. The van der Waals surface area contributed by atoms with Crippen molar-refractivity contribution in [3.05, 3.63) is 101 Å². The maximum Gasteiger partial charge on any atom is 0.416 e. The van der Waals surface area contributed by atoms with E-state index in [1.165, 1.54) is 12.1 Å². The monoisotopic (exact) mass is 481 g/mol. The van der Waals surface area contributed by atoms with Gasteiger partial charge in [-0.1, -0.05) is 42.5 Å². The molecule has 0 radical (unpaired) electrons. The highest BCUT2D eigenvalue weighted by Crippen LogP contribution is 2.31. The number of hydrogen-bond donors (Lipinski definition) is 0. The summed E-state index contributed by atoms with van der Waals surface area (Å²) in [6, 6.07) is 15.8. The van der Waals surface area contributed by atoms with E-state index in [2.05, 4.69) is 13.8 Å². The van der Waals surface area contributed by atoms with Gasteiger partial charge in [-0.3, -0.25) is 0 Å². The maximum atomic E-state index is 13.6. The zero-order chi connectivity index (χ0) is 23.9. The van der Waals surface area contributed by atoms with Crippen LogP contribution in [0.15, 0.2) is 97.5 Å². The van der Waals surface area contributed by atoms with Gasteiger partial charge < -0.3 is 0 Å². The molecule has 1 atom stereocenters. The third kappa shape index (κ3) is 4.82. The first-order valence-corrected chi connectivity index (χ1v) is 10.8. The third-order valence-electron chi connectivity index (χ3n) is 4.62. The number of alkyl halides is 6. The van der Waals surface area contributed by atoms with Crippen LogP contribution in [0.5, 0.6) is 0 Å². The Kier molecular flexibility index (Phi) is 5.61. The van der Waals surface area contributed by atoms with Gasteiger partial charge in [-0.15, -0.1) is 0 Å². The van der Waals surface area contributed by atoms with Gasteiger partial charge in [0.1, 0.15) is 0 Å². The van der Waals surface area contributed by atoms with Crippen molar-refractivity contribution in [2.24, 2.45) is 13.8 Å². The Morgan fingerprint density at radius 2 is 1.06 bits per heavy atom. The van der Waals surface area contributed by atoms with Gasteiger partial charge in [0, 0.05) is 11.1 Å². The average Bonchev–Trinajstić information content (AvgIpc) is 2.78. The van der Waals surface area contributed by atoms with E-state index < -0.39 is 33.4 Å². The van der Waals surface area contributed by atoms with Crippen LogP contribution in [0.2, 0.25) is 0 Å². The number of benzene rings is 3. The van der Waals surface area contributed by atoms with Crippen molar-refractivity contribution in [1.29, 1.82) is 0 Å². The third-order valence-corrected chi connectivity index (χ3v) is 6.35. The largest absolute Gasteiger partial charge is 0.416 e. The zero-order valence-electron chi connectivity index (χ0n) is 16.4. The molecule has 0 aliphatic carbocycles. The molecular formula is C22H13F6N3OS. The van der Waals surface area contributed by atoms with Crippen molar-refractivity contribution in [2.75, 3.05) is 0 Å². The van der Waals surface area contributed by atoms with Crippen LogP contribution >= 0.6 is 0 Å². The quantitative estimate of drug-likeness (QED) is 0.401. The molecule has 0 saturated heterocycles. The minimum Gasteiger partial charge on any atom is -0.220 e. The summed E-state index contributed by atoms with van der Waals surface area (Å²) in [5.74, 6) is -0.301. The van der Waals surface area contributed by atoms with Crippen LogP contribution in [0, 0.1) is 0 Å². The number of aliphatic imine (C=N–C) groups is 1. The van der Waals surface area contributed by atoms with E-state index in [-0.39, 0.29) is 27.7 Å². The Morgan fingerprint density at radius 1 is 0.606 bits per heavy atom. The summed E-state index contributed by atoms with van der Waals surface area (Å²) in [4.78, 5) is 4.40. The molecule has 0 spiro atoms. The Bertz CT molecular complexity index is 1290. The molecule has 3 aromatic rings. The summed E-state index contributed by atoms with van der Waals surface area (Å²) in [5.41, 5.74) is -1.48. The van der Waals surface area contributed by atoms with Gasteiger partial charge in [0.05, 0.1) is 16.0 Å². The van der Waals surface area contributed by atoms with Crippen molar-refractivity contribution in [2.45, 2.75) is 17.2 Å². The molecule has 1 aliphatic heterocycles. The fourth-order valence-corrected chi connectivity index (χ4v) is 4.47. The lowest BCUT2D eigenvalue weighted by atomic mass is 10.1. The second-order valence-corrected chi connectivity index (χ2v) is 8.73. The van der Waals surface area contributed by atoms with Crippen LogP contribution in [0.4, 0.5) is 26.3 Å². The number of hydrogen-bond acceptors (Lipinski definition) is 3. The van der Waals surface area contributed by atoms with Crippen molar-refractivity contribution >= 4 is 21.6 Å². The molecule has 4 nitrogen and oxygen atoms in total. The van der Waals surface area contributed by atoms with E-state index in [1.807, 2.05) is 0 Å².